The summed E-state index contributed by atoms with van der Waals surface area (Å²) < 4.78 is 5.30. The maximum Gasteiger partial charge on any atom is 0.180 e. The molecule has 1 aromatic rings. The maximum absolute atomic E-state index is 12.4. The maximum atomic E-state index is 12.4. The quantitative estimate of drug-likeness (QED) is 0.854. The summed E-state index contributed by atoms with van der Waals surface area (Å²) in [6.07, 6.45) is 0.495. The number of aryl methyl sites for hydroxylation is 1. The van der Waals surface area contributed by atoms with E-state index in [2.05, 4.69) is 4.90 Å². The Morgan fingerprint density at radius 1 is 1.50 bits per heavy atom. The molecule has 4 nitrogen and oxygen atoms in total. The average molecular weight is 277 g/mol. The summed E-state index contributed by atoms with van der Waals surface area (Å²) in [6, 6.07) is 5.65. The molecule has 0 aliphatic carbocycles. The van der Waals surface area contributed by atoms with Crippen molar-refractivity contribution in [2.45, 2.75) is 26.4 Å². The van der Waals surface area contributed by atoms with Gasteiger partial charge in [-0.05, 0) is 37.0 Å². The minimum Gasteiger partial charge on any atom is -0.496 e. The van der Waals surface area contributed by atoms with E-state index in [-0.39, 0.29) is 17.8 Å². The highest BCUT2D eigenvalue weighted by Gasteiger charge is 2.26. The predicted molar refractivity (Wildman–Crippen MR) is 78.3 cm³/mol. The van der Waals surface area contributed by atoms with E-state index in [0.29, 0.717) is 17.9 Å². The second-order valence-electron chi connectivity index (χ2n) is 5.70. The molecule has 2 unspecified atom stereocenters. The van der Waals surface area contributed by atoms with Crippen LogP contribution in [0.15, 0.2) is 18.2 Å². The predicted octanol–water partition coefficient (Wildman–Crippen LogP) is 1.89. The van der Waals surface area contributed by atoms with Crippen LogP contribution >= 0.6 is 0 Å². The molecule has 2 atom stereocenters. The molecule has 1 aliphatic heterocycles. The van der Waals surface area contributed by atoms with Gasteiger partial charge in [0.1, 0.15) is 5.75 Å². The lowest BCUT2D eigenvalue weighted by Gasteiger charge is -2.33. The van der Waals surface area contributed by atoms with E-state index in [0.717, 1.165) is 25.1 Å². The van der Waals surface area contributed by atoms with Gasteiger partial charge in [-0.3, -0.25) is 9.69 Å². The summed E-state index contributed by atoms with van der Waals surface area (Å²) in [4.78, 5) is 14.5. The molecular weight excluding hydrogens is 254 g/mol. The number of Topliss-reactive ketones (excluding diaryl/α,β-unsaturated/α-hetero) is 1. The van der Waals surface area contributed by atoms with Gasteiger partial charge in [-0.15, -0.1) is 0 Å². The van der Waals surface area contributed by atoms with Crippen LogP contribution in [0.2, 0.25) is 0 Å². The Bertz CT molecular complexity index is 487. The largest absolute Gasteiger partial charge is 0.496 e. The number of carbonyl (C=O) groups excluding carboxylic acids is 1. The third kappa shape index (κ3) is 3.38. The van der Waals surface area contributed by atoms with Crippen molar-refractivity contribution in [3.8, 4) is 5.75 Å². The van der Waals surface area contributed by atoms with Crippen molar-refractivity contribution >= 4 is 5.78 Å². The van der Waals surface area contributed by atoms with Crippen molar-refractivity contribution < 1.29 is 14.6 Å². The van der Waals surface area contributed by atoms with Crippen LogP contribution in [0.3, 0.4) is 0 Å². The van der Waals surface area contributed by atoms with Gasteiger partial charge in [-0.2, -0.15) is 0 Å². The standard InChI is InChI=1S/C16H23NO3/c1-11-4-5-13(16(8-11)20-3)15(19)10-17-7-6-14(18)12(2)9-17/h4-5,8,12,14,18H,6-7,9-10H2,1-3H3. The Hall–Kier alpha value is -1.39. The van der Waals surface area contributed by atoms with E-state index in [1.807, 2.05) is 32.0 Å². The number of benzene rings is 1. The fourth-order valence-corrected chi connectivity index (χ4v) is 2.68. The fourth-order valence-electron chi connectivity index (χ4n) is 2.68. The highest BCUT2D eigenvalue weighted by Crippen LogP contribution is 2.22. The highest BCUT2D eigenvalue weighted by molar-refractivity contribution is 6.00. The van der Waals surface area contributed by atoms with Crippen LogP contribution in [0.4, 0.5) is 0 Å². The molecule has 110 valence electrons. The average Bonchev–Trinajstić information content (AvgIpc) is 2.42. The zero-order chi connectivity index (χ0) is 14.7. The van der Waals surface area contributed by atoms with Crippen molar-refractivity contribution in [3.05, 3.63) is 29.3 Å². The van der Waals surface area contributed by atoms with E-state index in [9.17, 15) is 9.90 Å². The van der Waals surface area contributed by atoms with Crippen molar-refractivity contribution in [2.24, 2.45) is 5.92 Å². The van der Waals surface area contributed by atoms with Gasteiger partial charge in [-0.1, -0.05) is 13.0 Å². The van der Waals surface area contributed by atoms with Gasteiger partial charge < -0.3 is 9.84 Å². The molecule has 0 spiro atoms. The first kappa shape index (κ1) is 15.0. The molecule has 1 fully saturated rings. The number of piperidine rings is 1. The van der Waals surface area contributed by atoms with Gasteiger partial charge in [0.25, 0.3) is 0 Å². The van der Waals surface area contributed by atoms with E-state index >= 15 is 0 Å². The molecule has 4 heteroatoms. The van der Waals surface area contributed by atoms with Crippen molar-refractivity contribution in [3.63, 3.8) is 0 Å². The molecule has 0 bridgehead atoms. The van der Waals surface area contributed by atoms with Crippen LogP contribution < -0.4 is 4.74 Å². The summed E-state index contributed by atoms with van der Waals surface area (Å²) in [5.74, 6) is 0.932. The Kier molecular flexibility index (Phi) is 4.78. The summed E-state index contributed by atoms with van der Waals surface area (Å²) in [7, 11) is 1.59. The topological polar surface area (TPSA) is 49.8 Å². The van der Waals surface area contributed by atoms with E-state index in [1.54, 1.807) is 7.11 Å². The number of likely N-dealkylation sites (tertiary alicyclic amines) is 1. The Morgan fingerprint density at radius 3 is 2.90 bits per heavy atom. The Labute approximate surface area is 120 Å². The lowest BCUT2D eigenvalue weighted by atomic mass is 9.96. The summed E-state index contributed by atoms with van der Waals surface area (Å²) in [6.45, 7) is 5.92. The normalized spacial score (nSPS) is 23.6. The van der Waals surface area contributed by atoms with Gasteiger partial charge in [0.15, 0.2) is 5.78 Å². The number of nitrogens with zero attached hydrogens (tertiary/aromatic N) is 1. The zero-order valence-electron chi connectivity index (χ0n) is 12.4. The van der Waals surface area contributed by atoms with Gasteiger partial charge in [0.05, 0.1) is 25.3 Å². The summed E-state index contributed by atoms with van der Waals surface area (Å²) in [5.41, 5.74) is 1.71. The number of ether oxygens (including phenoxy) is 1. The molecule has 0 amide bonds. The number of carbonyl (C=O) groups is 1. The number of rotatable bonds is 4. The van der Waals surface area contributed by atoms with Crippen molar-refractivity contribution in [1.82, 2.24) is 4.90 Å². The molecule has 1 saturated heterocycles. The second-order valence-corrected chi connectivity index (χ2v) is 5.70. The van der Waals surface area contributed by atoms with Crippen molar-refractivity contribution in [2.75, 3.05) is 26.7 Å². The van der Waals surface area contributed by atoms with Gasteiger partial charge >= 0.3 is 0 Å². The number of aliphatic hydroxyl groups excluding tert-OH is 1. The molecule has 20 heavy (non-hydrogen) atoms. The summed E-state index contributed by atoms with van der Waals surface area (Å²) in [5, 5.41) is 9.73. The Morgan fingerprint density at radius 2 is 2.25 bits per heavy atom. The molecule has 1 N–H and O–H groups in total. The first-order valence-corrected chi connectivity index (χ1v) is 7.09. The number of ketones is 1. The number of aliphatic hydroxyl groups is 1. The van der Waals surface area contributed by atoms with Crippen LogP contribution in [-0.2, 0) is 0 Å². The highest BCUT2D eigenvalue weighted by atomic mass is 16.5. The minimum absolute atomic E-state index is 0.0745. The van der Waals surface area contributed by atoms with Crippen LogP contribution in [0.5, 0.6) is 5.75 Å². The lowest BCUT2D eigenvalue weighted by Crippen LogP contribution is -2.44. The molecule has 0 aromatic heterocycles. The minimum atomic E-state index is -0.240. The monoisotopic (exact) mass is 277 g/mol. The SMILES string of the molecule is COc1cc(C)ccc1C(=O)CN1CCC(O)C(C)C1. The van der Waals surface area contributed by atoms with Crippen LogP contribution in [0.1, 0.15) is 29.3 Å². The van der Waals surface area contributed by atoms with Crippen molar-refractivity contribution in [1.29, 1.82) is 0 Å². The zero-order valence-corrected chi connectivity index (χ0v) is 12.4. The third-order valence-electron chi connectivity index (χ3n) is 3.97. The van der Waals surface area contributed by atoms with E-state index in [1.165, 1.54) is 0 Å². The van der Waals surface area contributed by atoms with Gasteiger partial charge in [0.2, 0.25) is 0 Å². The van der Waals surface area contributed by atoms with Crippen LogP contribution in [0.25, 0.3) is 0 Å². The number of methoxy groups -OCH3 is 1. The van der Waals surface area contributed by atoms with Crippen LogP contribution in [-0.4, -0.2) is 48.6 Å². The first-order valence-electron chi connectivity index (χ1n) is 7.09. The molecule has 1 heterocycles. The van der Waals surface area contributed by atoms with E-state index < -0.39 is 0 Å². The van der Waals surface area contributed by atoms with E-state index in [4.69, 9.17) is 4.74 Å². The fraction of sp³-hybridized carbons (Fsp3) is 0.562. The Balaban J connectivity index is 2.05. The smallest absolute Gasteiger partial charge is 0.180 e. The number of hydrogen-bond acceptors (Lipinski definition) is 4. The van der Waals surface area contributed by atoms with Gasteiger partial charge in [-0.25, -0.2) is 0 Å². The molecular formula is C16H23NO3. The second kappa shape index (κ2) is 6.37. The number of hydrogen-bond donors (Lipinski definition) is 1. The molecule has 0 saturated carbocycles. The summed E-state index contributed by atoms with van der Waals surface area (Å²) >= 11 is 0. The molecule has 2 rings (SSSR count). The molecule has 0 radical (unpaired) electrons. The molecule has 1 aromatic carbocycles. The lowest BCUT2D eigenvalue weighted by molar-refractivity contribution is 0.0344. The van der Waals surface area contributed by atoms with Gasteiger partial charge in [0, 0.05) is 13.1 Å². The van der Waals surface area contributed by atoms with Crippen LogP contribution in [0, 0.1) is 12.8 Å². The first-order chi connectivity index (χ1) is 9.51. The third-order valence-corrected chi connectivity index (χ3v) is 3.97. The molecule has 1 aliphatic rings.